The summed E-state index contributed by atoms with van der Waals surface area (Å²) in [7, 11) is 0. The number of fused-ring (bicyclic) bond motifs is 1. The number of nitrogens with zero attached hydrogens (tertiary/aromatic N) is 3. The lowest BCUT2D eigenvalue weighted by atomic mass is 10.1. The summed E-state index contributed by atoms with van der Waals surface area (Å²) in [6.07, 6.45) is 0. The minimum atomic E-state index is -0.240. The predicted molar refractivity (Wildman–Crippen MR) is 93.3 cm³/mol. The Morgan fingerprint density at radius 3 is 2.52 bits per heavy atom. The van der Waals surface area contributed by atoms with Crippen molar-refractivity contribution in [3.63, 3.8) is 0 Å². The van der Waals surface area contributed by atoms with Crippen molar-refractivity contribution in [3.8, 4) is 0 Å². The first kappa shape index (κ1) is 15.6. The number of rotatable bonds is 2. The summed E-state index contributed by atoms with van der Waals surface area (Å²) in [4.78, 5) is 21.0. The van der Waals surface area contributed by atoms with Gasteiger partial charge in [-0.15, -0.1) is 0 Å². The van der Waals surface area contributed by atoms with E-state index in [-0.39, 0.29) is 11.7 Å². The zero-order valence-corrected chi connectivity index (χ0v) is 13.9. The van der Waals surface area contributed by atoms with Gasteiger partial charge in [-0.05, 0) is 42.5 Å². The van der Waals surface area contributed by atoms with E-state index in [0.717, 1.165) is 24.3 Å². The SMILES string of the molecule is Cc1nc2ccc(C(=O)N3CCN(c4ccc(F)cc4)CC3)cc2o1. The molecule has 1 aromatic heterocycles. The summed E-state index contributed by atoms with van der Waals surface area (Å²) in [6.45, 7) is 4.49. The van der Waals surface area contributed by atoms with Crippen LogP contribution in [0.3, 0.4) is 0 Å². The van der Waals surface area contributed by atoms with Crippen molar-refractivity contribution in [2.24, 2.45) is 0 Å². The van der Waals surface area contributed by atoms with Crippen LogP contribution in [0.25, 0.3) is 11.1 Å². The number of anilines is 1. The van der Waals surface area contributed by atoms with Gasteiger partial charge in [0.15, 0.2) is 11.5 Å². The number of amides is 1. The number of oxazole rings is 1. The Morgan fingerprint density at radius 2 is 1.80 bits per heavy atom. The molecule has 0 N–H and O–H groups in total. The number of aryl methyl sites for hydroxylation is 1. The molecule has 1 amide bonds. The molecule has 6 heteroatoms. The van der Waals surface area contributed by atoms with Crippen LogP contribution in [0.4, 0.5) is 10.1 Å². The standard InChI is InChI=1S/C19H18FN3O2/c1-13-21-17-7-2-14(12-18(17)25-13)19(24)23-10-8-22(9-11-23)16-5-3-15(20)4-6-16/h2-7,12H,8-11H2,1H3. The number of carbonyl (C=O) groups is 1. The van der Waals surface area contributed by atoms with Crippen LogP contribution in [0.2, 0.25) is 0 Å². The van der Waals surface area contributed by atoms with E-state index in [2.05, 4.69) is 9.88 Å². The molecule has 5 nitrogen and oxygen atoms in total. The second kappa shape index (κ2) is 6.20. The topological polar surface area (TPSA) is 49.6 Å². The lowest BCUT2D eigenvalue weighted by Crippen LogP contribution is -2.48. The summed E-state index contributed by atoms with van der Waals surface area (Å²) in [5.41, 5.74) is 2.98. The van der Waals surface area contributed by atoms with Crippen molar-refractivity contribution >= 4 is 22.7 Å². The predicted octanol–water partition coefficient (Wildman–Crippen LogP) is 3.24. The van der Waals surface area contributed by atoms with Crippen molar-refractivity contribution in [3.05, 3.63) is 59.7 Å². The maximum absolute atomic E-state index is 13.0. The molecule has 4 rings (SSSR count). The molecule has 1 saturated heterocycles. The van der Waals surface area contributed by atoms with Gasteiger partial charge in [0.1, 0.15) is 11.3 Å². The van der Waals surface area contributed by atoms with Gasteiger partial charge in [-0.2, -0.15) is 0 Å². The van der Waals surface area contributed by atoms with Crippen LogP contribution in [0.15, 0.2) is 46.9 Å². The minimum absolute atomic E-state index is 0.00490. The molecule has 0 atom stereocenters. The normalized spacial score (nSPS) is 15.0. The van der Waals surface area contributed by atoms with Crippen molar-refractivity contribution in [2.75, 3.05) is 31.1 Å². The lowest BCUT2D eigenvalue weighted by Gasteiger charge is -2.36. The molecule has 0 saturated carbocycles. The van der Waals surface area contributed by atoms with Gasteiger partial charge in [0.2, 0.25) is 0 Å². The molecule has 0 spiro atoms. The largest absolute Gasteiger partial charge is 0.441 e. The van der Waals surface area contributed by atoms with Gasteiger partial charge in [0.05, 0.1) is 0 Å². The zero-order chi connectivity index (χ0) is 17.4. The highest BCUT2D eigenvalue weighted by Crippen LogP contribution is 2.20. The maximum Gasteiger partial charge on any atom is 0.254 e. The van der Waals surface area contributed by atoms with E-state index in [0.29, 0.717) is 30.1 Å². The number of piperazine rings is 1. The van der Waals surface area contributed by atoms with Gasteiger partial charge in [0, 0.05) is 44.4 Å². The number of benzene rings is 2. The smallest absolute Gasteiger partial charge is 0.254 e. The molecule has 0 radical (unpaired) electrons. The Balaban J connectivity index is 1.45. The van der Waals surface area contributed by atoms with E-state index in [1.165, 1.54) is 12.1 Å². The van der Waals surface area contributed by atoms with Crippen molar-refractivity contribution in [1.29, 1.82) is 0 Å². The first-order valence-electron chi connectivity index (χ1n) is 8.27. The second-order valence-corrected chi connectivity index (χ2v) is 6.17. The van der Waals surface area contributed by atoms with Crippen LogP contribution in [-0.4, -0.2) is 42.0 Å². The molecule has 1 aliphatic rings. The molecule has 0 aliphatic carbocycles. The molecule has 1 aliphatic heterocycles. The number of aromatic nitrogens is 1. The molecular weight excluding hydrogens is 321 g/mol. The Hall–Kier alpha value is -2.89. The van der Waals surface area contributed by atoms with Gasteiger partial charge < -0.3 is 14.2 Å². The number of hydrogen-bond donors (Lipinski definition) is 0. The van der Waals surface area contributed by atoms with E-state index in [1.54, 1.807) is 31.2 Å². The summed E-state index contributed by atoms with van der Waals surface area (Å²) in [6, 6.07) is 11.8. The highest BCUT2D eigenvalue weighted by molar-refractivity contribution is 5.97. The maximum atomic E-state index is 13.0. The third kappa shape index (κ3) is 3.07. The minimum Gasteiger partial charge on any atom is -0.441 e. The van der Waals surface area contributed by atoms with E-state index in [4.69, 9.17) is 4.42 Å². The molecule has 128 valence electrons. The quantitative estimate of drug-likeness (QED) is 0.719. The fourth-order valence-corrected chi connectivity index (χ4v) is 3.18. The zero-order valence-electron chi connectivity index (χ0n) is 13.9. The van der Waals surface area contributed by atoms with E-state index in [9.17, 15) is 9.18 Å². The lowest BCUT2D eigenvalue weighted by molar-refractivity contribution is 0.0747. The summed E-state index contributed by atoms with van der Waals surface area (Å²) >= 11 is 0. The van der Waals surface area contributed by atoms with Gasteiger partial charge in [0.25, 0.3) is 5.91 Å². The molecule has 3 aromatic rings. The fraction of sp³-hybridized carbons (Fsp3) is 0.263. The molecule has 0 unspecified atom stereocenters. The van der Waals surface area contributed by atoms with Crippen LogP contribution >= 0.6 is 0 Å². The van der Waals surface area contributed by atoms with Crippen LogP contribution in [-0.2, 0) is 0 Å². The third-order valence-electron chi connectivity index (χ3n) is 4.50. The third-order valence-corrected chi connectivity index (χ3v) is 4.50. The van der Waals surface area contributed by atoms with Crippen molar-refractivity contribution in [2.45, 2.75) is 6.92 Å². The summed E-state index contributed by atoms with van der Waals surface area (Å²) < 4.78 is 18.5. The average molecular weight is 339 g/mol. The number of halogens is 1. The molecule has 2 aromatic carbocycles. The van der Waals surface area contributed by atoms with Crippen LogP contribution in [0.5, 0.6) is 0 Å². The van der Waals surface area contributed by atoms with Gasteiger partial charge >= 0.3 is 0 Å². The first-order chi connectivity index (χ1) is 12.1. The van der Waals surface area contributed by atoms with Crippen molar-refractivity contribution in [1.82, 2.24) is 9.88 Å². The molecule has 0 bridgehead atoms. The van der Waals surface area contributed by atoms with Gasteiger partial charge in [-0.25, -0.2) is 9.37 Å². The number of hydrogen-bond acceptors (Lipinski definition) is 4. The molecule has 1 fully saturated rings. The summed E-state index contributed by atoms with van der Waals surface area (Å²) in [5.74, 6) is 0.345. The molecule has 2 heterocycles. The Kier molecular flexibility index (Phi) is 3.87. The Morgan fingerprint density at radius 1 is 1.08 bits per heavy atom. The van der Waals surface area contributed by atoms with E-state index < -0.39 is 0 Å². The molecule has 25 heavy (non-hydrogen) atoms. The average Bonchev–Trinajstić information content (AvgIpc) is 3.01. The Bertz CT molecular complexity index is 912. The van der Waals surface area contributed by atoms with Gasteiger partial charge in [-0.1, -0.05) is 0 Å². The van der Waals surface area contributed by atoms with E-state index >= 15 is 0 Å². The monoisotopic (exact) mass is 339 g/mol. The summed E-state index contributed by atoms with van der Waals surface area (Å²) in [5, 5.41) is 0. The van der Waals surface area contributed by atoms with Crippen LogP contribution < -0.4 is 4.90 Å². The Labute approximate surface area is 144 Å². The van der Waals surface area contributed by atoms with Crippen molar-refractivity contribution < 1.29 is 13.6 Å². The molecular formula is C19H18FN3O2. The van der Waals surface area contributed by atoms with Crippen LogP contribution in [0, 0.1) is 12.7 Å². The second-order valence-electron chi connectivity index (χ2n) is 6.17. The first-order valence-corrected chi connectivity index (χ1v) is 8.27. The van der Waals surface area contributed by atoms with Gasteiger partial charge in [-0.3, -0.25) is 4.79 Å². The highest BCUT2D eigenvalue weighted by atomic mass is 19.1. The fourth-order valence-electron chi connectivity index (χ4n) is 3.18. The number of carbonyl (C=O) groups excluding carboxylic acids is 1. The van der Waals surface area contributed by atoms with Crippen LogP contribution in [0.1, 0.15) is 16.2 Å². The highest BCUT2D eigenvalue weighted by Gasteiger charge is 2.23. The van der Waals surface area contributed by atoms with E-state index in [1.807, 2.05) is 11.0 Å².